The van der Waals surface area contributed by atoms with Gasteiger partial charge in [-0.05, 0) is 36.4 Å². The second-order valence-electron chi connectivity index (χ2n) is 9.62. The van der Waals surface area contributed by atoms with Gasteiger partial charge in [0.25, 0.3) is 10.0 Å². The molecule has 3 aromatic heterocycles. The number of para-hydroxylation sites is 1. The van der Waals surface area contributed by atoms with Crippen LogP contribution < -0.4 is 10.6 Å². The van der Waals surface area contributed by atoms with Gasteiger partial charge in [0.1, 0.15) is 5.82 Å². The zero-order valence-corrected chi connectivity index (χ0v) is 24.4. The van der Waals surface area contributed by atoms with Gasteiger partial charge < -0.3 is 10.6 Å². The Bertz CT molecular complexity index is 2150. The summed E-state index contributed by atoms with van der Waals surface area (Å²) in [5.74, 6) is -0.744. The predicted molar refractivity (Wildman–Crippen MR) is 167 cm³/mol. The number of benzene rings is 3. The first-order valence-corrected chi connectivity index (χ1v) is 15.0. The van der Waals surface area contributed by atoms with Crippen LogP contribution in [0.25, 0.3) is 22.2 Å². The van der Waals surface area contributed by atoms with Crippen molar-refractivity contribution >= 4 is 55.8 Å². The Labute approximate surface area is 256 Å². The highest BCUT2D eigenvalue weighted by Gasteiger charge is 2.23. The molecule has 0 spiro atoms. The molecule has 0 saturated heterocycles. The molecule has 3 aromatic carbocycles. The Hall–Kier alpha value is -5.33. The van der Waals surface area contributed by atoms with Crippen molar-refractivity contribution < 1.29 is 17.6 Å². The zero-order valence-electron chi connectivity index (χ0n) is 22.9. The summed E-state index contributed by atoms with van der Waals surface area (Å²) in [5, 5.41) is 10.7. The van der Waals surface area contributed by atoms with Crippen LogP contribution in [0.1, 0.15) is 5.56 Å². The normalized spacial score (nSPS) is 11.4. The summed E-state index contributed by atoms with van der Waals surface area (Å²) < 4.78 is 44.5. The lowest BCUT2D eigenvalue weighted by atomic mass is 10.1. The minimum Gasteiger partial charge on any atom is -0.322 e. The Morgan fingerprint density at radius 1 is 1.00 bits per heavy atom. The van der Waals surface area contributed by atoms with E-state index in [1.165, 1.54) is 45.4 Å². The molecule has 0 radical (unpaired) electrons. The van der Waals surface area contributed by atoms with Crippen LogP contribution in [-0.2, 0) is 21.4 Å². The van der Waals surface area contributed by atoms with Crippen LogP contribution in [0.15, 0.2) is 115 Å². The number of carbonyl (C=O) groups is 1. The zero-order chi connectivity index (χ0) is 30.8. The summed E-state index contributed by atoms with van der Waals surface area (Å²) in [4.78, 5) is 20.5. The summed E-state index contributed by atoms with van der Waals surface area (Å²) in [6, 6.07) is 19.6. The van der Waals surface area contributed by atoms with Crippen molar-refractivity contribution in [3.8, 4) is 11.3 Å². The van der Waals surface area contributed by atoms with Crippen LogP contribution in [0.5, 0.6) is 0 Å². The number of halogens is 2. The number of rotatable bonds is 9. The lowest BCUT2D eigenvalue weighted by molar-refractivity contribution is -0.111. The third-order valence-electron chi connectivity index (χ3n) is 6.70. The Morgan fingerprint density at radius 3 is 2.55 bits per heavy atom. The molecule has 220 valence electrons. The van der Waals surface area contributed by atoms with Crippen molar-refractivity contribution in [2.75, 3.05) is 10.6 Å². The number of amides is 1. The Kier molecular flexibility index (Phi) is 7.68. The van der Waals surface area contributed by atoms with Gasteiger partial charge in [0.2, 0.25) is 11.9 Å². The largest absolute Gasteiger partial charge is 0.322 e. The minimum atomic E-state index is -3.91. The molecule has 2 N–H and O–H groups in total. The fourth-order valence-corrected chi connectivity index (χ4v) is 6.21. The number of fused-ring (bicyclic) bond motifs is 1. The van der Waals surface area contributed by atoms with E-state index in [0.717, 1.165) is 6.08 Å². The van der Waals surface area contributed by atoms with E-state index in [1.54, 1.807) is 54.7 Å². The van der Waals surface area contributed by atoms with Crippen LogP contribution >= 0.6 is 11.6 Å². The number of hydrogen-bond donors (Lipinski definition) is 2. The number of nitrogens with one attached hydrogen (secondary N) is 2. The van der Waals surface area contributed by atoms with Gasteiger partial charge in [-0.1, -0.05) is 60.6 Å². The van der Waals surface area contributed by atoms with Gasteiger partial charge in [0, 0.05) is 34.6 Å². The molecule has 0 aliphatic carbocycles. The molecule has 0 aliphatic heterocycles. The molecule has 10 nitrogen and oxygen atoms in total. The minimum absolute atomic E-state index is 0.130. The standard InChI is InChI=1S/C31H23ClFN7O3S/c1-2-29(41)36-21-13-12-20(27(33)14-21)17-39-18-22(15-35-39)37-31-34-16-26(32)30(38-31)25-19-40(28-11-7-6-10-24(25)28)44(42,43)23-8-4-3-5-9-23/h2-16,18-19H,1,17H2,(H,36,41)(H,34,37,38). The van der Waals surface area contributed by atoms with Crippen LogP contribution in [0.4, 0.5) is 21.7 Å². The molecule has 1 amide bonds. The van der Waals surface area contributed by atoms with Crippen LogP contribution in [0.3, 0.4) is 0 Å². The molecule has 0 unspecified atom stereocenters. The molecule has 0 saturated carbocycles. The number of carbonyl (C=O) groups excluding carboxylic acids is 1. The van der Waals surface area contributed by atoms with E-state index in [2.05, 4.69) is 32.3 Å². The number of nitrogens with zero attached hydrogens (tertiary/aromatic N) is 5. The lowest BCUT2D eigenvalue weighted by Gasteiger charge is -2.08. The van der Waals surface area contributed by atoms with Crippen molar-refractivity contribution in [1.82, 2.24) is 23.7 Å². The second-order valence-corrected chi connectivity index (χ2v) is 11.8. The van der Waals surface area contributed by atoms with Gasteiger partial charge in [-0.2, -0.15) is 5.10 Å². The van der Waals surface area contributed by atoms with E-state index in [4.69, 9.17) is 11.6 Å². The van der Waals surface area contributed by atoms with Crippen molar-refractivity contribution in [1.29, 1.82) is 0 Å². The van der Waals surface area contributed by atoms with E-state index >= 15 is 0 Å². The first kappa shape index (κ1) is 28.8. The lowest BCUT2D eigenvalue weighted by Crippen LogP contribution is -2.11. The van der Waals surface area contributed by atoms with Crippen molar-refractivity contribution in [3.05, 3.63) is 127 Å². The maximum atomic E-state index is 14.7. The highest BCUT2D eigenvalue weighted by atomic mass is 35.5. The molecule has 0 aliphatic rings. The highest BCUT2D eigenvalue weighted by Crippen LogP contribution is 2.36. The Balaban J connectivity index is 1.27. The van der Waals surface area contributed by atoms with Crippen LogP contribution in [0.2, 0.25) is 5.02 Å². The second kappa shape index (κ2) is 11.7. The molecule has 0 fully saturated rings. The van der Waals surface area contributed by atoms with Crippen molar-refractivity contribution in [3.63, 3.8) is 0 Å². The van der Waals surface area contributed by atoms with Gasteiger partial charge in [-0.15, -0.1) is 0 Å². The van der Waals surface area contributed by atoms with Crippen LogP contribution in [-0.4, -0.2) is 38.0 Å². The van der Waals surface area contributed by atoms with Gasteiger partial charge in [-0.25, -0.2) is 26.7 Å². The predicted octanol–water partition coefficient (Wildman–Crippen LogP) is 6.24. The molecule has 0 atom stereocenters. The van der Waals surface area contributed by atoms with Gasteiger partial charge >= 0.3 is 0 Å². The summed E-state index contributed by atoms with van der Waals surface area (Å²) >= 11 is 6.54. The summed E-state index contributed by atoms with van der Waals surface area (Å²) in [6.07, 6.45) is 7.23. The van der Waals surface area contributed by atoms with Crippen molar-refractivity contribution in [2.45, 2.75) is 11.4 Å². The highest BCUT2D eigenvalue weighted by molar-refractivity contribution is 7.90. The maximum absolute atomic E-state index is 14.7. The summed E-state index contributed by atoms with van der Waals surface area (Å²) in [5.41, 5.74) is 2.52. The summed E-state index contributed by atoms with van der Waals surface area (Å²) in [7, 11) is -3.91. The van der Waals surface area contributed by atoms with E-state index in [1.807, 2.05) is 6.07 Å². The smallest absolute Gasteiger partial charge is 0.268 e. The van der Waals surface area contributed by atoms with Crippen molar-refractivity contribution in [2.24, 2.45) is 0 Å². The first-order chi connectivity index (χ1) is 21.2. The fourth-order valence-electron chi connectivity index (χ4n) is 4.62. The number of aromatic nitrogens is 5. The molecule has 3 heterocycles. The fraction of sp³-hybridized carbons (Fsp3) is 0.0323. The monoisotopic (exact) mass is 627 g/mol. The maximum Gasteiger partial charge on any atom is 0.268 e. The van der Waals surface area contributed by atoms with Crippen LogP contribution in [0, 0.1) is 5.82 Å². The summed E-state index contributed by atoms with van der Waals surface area (Å²) in [6.45, 7) is 3.51. The van der Waals surface area contributed by atoms with Gasteiger partial charge in [0.05, 0.1) is 45.8 Å². The van der Waals surface area contributed by atoms with E-state index in [0.29, 0.717) is 39.1 Å². The third kappa shape index (κ3) is 5.68. The molecule has 44 heavy (non-hydrogen) atoms. The first-order valence-electron chi connectivity index (χ1n) is 13.2. The average Bonchev–Trinajstić information content (AvgIpc) is 3.64. The SMILES string of the molecule is C=CC(=O)Nc1ccc(Cn2cc(Nc3ncc(Cl)c(-c4cn(S(=O)(=O)c5ccccc5)c5ccccc45)n3)cn2)c(F)c1. The molecular weight excluding hydrogens is 605 g/mol. The van der Waals surface area contributed by atoms with Gasteiger partial charge in [0.15, 0.2) is 0 Å². The quantitative estimate of drug-likeness (QED) is 0.182. The average molecular weight is 628 g/mol. The van der Waals surface area contributed by atoms with Gasteiger partial charge in [-0.3, -0.25) is 9.48 Å². The molecular formula is C31H23ClFN7O3S. The third-order valence-corrected chi connectivity index (χ3v) is 8.67. The molecule has 13 heteroatoms. The molecule has 6 aromatic rings. The van der Waals surface area contributed by atoms with E-state index in [-0.39, 0.29) is 22.4 Å². The molecule has 0 bridgehead atoms. The topological polar surface area (TPSA) is 124 Å². The van der Waals surface area contributed by atoms with E-state index in [9.17, 15) is 17.6 Å². The van der Waals surface area contributed by atoms with E-state index < -0.39 is 21.7 Å². The number of hydrogen-bond acceptors (Lipinski definition) is 7. The number of anilines is 3. The molecule has 6 rings (SSSR count). The Morgan fingerprint density at radius 2 is 1.77 bits per heavy atom.